The lowest BCUT2D eigenvalue weighted by Crippen LogP contribution is -2.28. The Kier molecular flexibility index (Phi) is 5.93. The largest absolute Gasteiger partial charge is 0.494 e. The Hall–Kier alpha value is -1.69. The van der Waals surface area contributed by atoms with E-state index < -0.39 is 18.8 Å². The van der Waals surface area contributed by atoms with Gasteiger partial charge < -0.3 is 9.64 Å². The average molecular weight is 388 g/mol. The van der Waals surface area contributed by atoms with Crippen LogP contribution in [-0.2, 0) is 0 Å². The summed E-state index contributed by atoms with van der Waals surface area (Å²) >= 11 is 3.26. The maximum atomic E-state index is 14.4. The van der Waals surface area contributed by atoms with Gasteiger partial charge in [0.25, 0.3) is 6.43 Å². The fraction of sp³-hybridized carbons (Fsp3) is 0.294. The van der Waals surface area contributed by atoms with Gasteiger partial charge in [0, 0.05) is 21.8 Å². The molecule has 1 heterocycles. The van der Waals surface area contributed by atoms with Crippen LogP contribution in [0.2, 0.25) is 0 Å². The second-order valence-corrected chi connectivity index (χ2v) is 5.86. The Labute approximate surface area is 142 Å². The van der Waals surface area contributed by atoms with E-state index in [-0.39, 0.29) is 5.56 Å². The molecule has 0 aliphatic carbocycles. The summed E-state index contributed by atoms with van der Waals surface area (Å²) in [4.78, 5) is 1.31. The van der Waals surface area contributed by atoms with Crippen LogP contribution in [0.15, 0.2) is 47.1 Å². The fourth-order valence-corrected chi connectivity index (χ4v) is 2.55. The van der Waals surface area contributed by atoms with Gasteiger partial charge in [0.2, 0.25) is 0 Å². The third-order valence-electron chi connectivity index (χ3n) is 3.29. The van der Waals surface area contributed by atoms with Crippen molar-refractivity contribution in [3.63, 3.8) is 0 Å². The number of hydrogen-bond donors (Lipinski definition) is 0. The SMILES string of the molecule is C=C1C(Br)=CC=C(c2ccc(OCCC)cc2F)N1CC(F)F. The first kappa shape index (κ1) is 17.7. The van der Waals surface area contributed by atoms with Crippen LogP contribution in [-0.4, -0.2) is 24.5 Å². The van der Waals surface area contributed by atoms with E-state index in [1.165, 1.54) is 17.0 Å². The lowest BCUT2D eigenvalue weighted by atomic mass is 10.1. The molecular formula is C17H17BrF3NO. The van der Waals surface area contributed by atoms with E-state index in [9.17, 15) is 13.2 Å². The summed E-state index contributed by atoms with van der Waals surface area (Å²) in [5.74, 6) is -0.108. The minimum atomic E-state index is -2.57. The number of ether oxygens (including phenoxy) is 1. The van der Waals surface area contributed by atoms with Gasteiger partial charge in [0.15, 0.2) is 0 Å². The smallest absolute Gasteiger partial charge is 0.256 e. The number of nitrogens with zero attached hydrogens (tertiary/aromatic N) is 1. The zero-order valence-corrected chi connectivity index (χ0v) is 14.2. The van der Waals surface area contributed by atoms with E-state index in [2.05, 4.69) is 22.5 Å². The van der Waals surface area contributed by atoms with Gasteiger partial charge in [-0.2, -0.15) is 0 Å². The van der Waals surface area contributed by atoms with Gasteiger partial charge in [-0.15, -0.1) is 0 Å². The Morgan fingerprint density at radius 3 is 2.65 bits per heavy atom. The predicted octanol–water partition coefficient (Wildman–Crippen LogP) is 5.33. The van der Waals surface area contributed by atoms with Crippen molar-refractivity contribution in [2.45, 2.75) is 19.8 Å². The van der Waals surface area contributed by atoms with Gasteiger partial charge in [0.1, 0.15) is 11.6 Å². The zero-order chi connectivity index (χ0) is 17.0. The molecule has 1 aromatic rings. The van der Waals surface area contributed by atoms with Crippen molar-refractivity contribution < 1.29 is 17.9 Å². The Morgan fingerprint density at radius 2 is 2.04 bits per heavy atom. The molecule has 124 valence electrons. The van der Waals surface area contributed by atoms with Crippen LogP contribution in [0, 0.1) is 5.82 Å². The first-order valence-electron chi connectivity index (χ1n) is 7.19. The summed E-state index contributed by atoms with van der Waals surface area (Å²) in [6, 6.07) is 4.43. The highest BCUT2D eigenvalue weighted by Crippen LogP contribution is 2.35. The molecule has 0 N–H and O–H groups in total. The lowest BCUT2D eigenvalue weighted by Gasteiger charge is -2.31. The normalized spacial score (nSPS) is 14.9. The van der Waals surface area contributed by atoms with Crippen molar-refractivity contribution in [1.29, 1.82) is 0 Å². The number of allylic oxidation sites excluding steroid dienone is 3. The van der Waals surface area contributed by atoms with Gasteiger partial charge >= 0.3 is 0 Å². The third kappa shape index (κ3) is 4.19. The van der Waals surface area contributed by atoms with E-state index >= 15 is 0 Å². The van der Waals surface area contributed by atoms with Gasteiger partial charge in [-0.3, -0.25) is 0 Å². The van der Waals surface area contributed by atoms with E-state index in [0.29, 0.717) is 28.2 Å². The standard InChI is InChI=1S/C17H17BrF3NO/c1-3-8-23-12-4-5-13(15(19)9-12)16-7-6-14(18)11(2)22(16)10-17(20)21/h4-7,9,17H,2-3,8,10H2,1H3. The number of hydrogen-bond acceptors (Lipinski definition) is 2. The summed E-state index contributed by atoms with van der Waals surface area (Å²) in [7, 11) is 0. The molecule has 0 saturated carbocycles. The van der Waals surface area contributed by atoms with E-state index in [4.69, 9.17) is 4.74 Å². The molecule has 0 bridgehead atoms. The van der Waals surface area contributed by atoms with E-state index in [0.717, 1.165) is 6.42 Å². The van der Waals surface area contributed by atoms with Crippen LogP contribution in [0.25, 0.3) is 5.70 Å². The van der Waals surface area contributed by atoms with Crippen molar-refractivity contribution in [2.75, 3.05) is 13.2 Å². The summed E-state index contributed by atoms with van der Waals surface area (Å²) in [6.07, 6.45) is 1.51. The second-order valence-electron chi connectivity index (χ2n) is 5.01. The first-order valence-corrected chi connectivity index (χ1v) is 7.98. The van der Waals surface area contributed by atoms with E-state index in [1.807, 2.05) is 6.92 Å². The molecule has 6 heteroatoms. The number of benzene rings is 1. The van der Waals surface area contributed by atoms with Crippen LogP contribution in [0.5, 0.6) is 5.75 Å². The van der Waals surface area contributed by atoms with Crippen LogP contribution in [0.4, 0.5) is 13.2 Å². The van der Waals surface area contributed by atoms with Gasteiger partial charge in [-0.25, -0.2) is 13.2 Å². The zero-order valence-electron chi connectivity index (χ0n) is 12.7. The summed E-state index contributed by atoms with van der Waals surface area (Å²) in [5.41, 5.74) is 0.943. The molecule has 2 nitrogen and oxygen atoms in total. The highest BCUT2D eigenvalue weighted by Gasteiger charge is 2.24. The quantitative estimate of drug-likeness (QED) is 0.653. The number of halogens is 4. The molecule has 2 rings (SSSR count). The molecule has 0 spiro atoms. The molecule has 23 heavy (non-hydrogen) atoms. The lowest BCUT2D eigenvalue weighted by molar-refractivity contribution is 0.123. The fourth-order valence-electron chi connectivity index (χ4n) is 2.21. The maximum absolute atomic E-state index is 14.4. The molecular weight excluding hydrogens is 371 g/mol. The minimum Gasteiger partial charge on any atom is -0.494 e. The molecule has 1 aliphatic rings. The van der Waals surface area contributed by atoms with Gasteiger partial charge in [-0.05, 0) is 46.6 Å². The van der Waals surface area contributed by atoms with Crippen LogP contribution in [0.1, 0.15) is 18.9 Å². The molecule has 1 aromatic carbocycles. The summed E-state index contributed by atoms with van der Waals surface area (Å²) in [5, 5.41) is 0. The van der Waals surface area contributed by atoms with Gasteiger partial charge in [-0.1, -0.05) is 13.5 Å². The predicted molar refractivity (Wildman–Crippen MR) is 89.0 cm³/mol. The Morgan fingerprint density at radius 1 is 1.30 bits per heavy atom. The topological polar surface area (TPSA) is 12.5 Å². The van der Waals surface area contributed by atoms with Crippen LogP contribution in [0.3, 0.4) is 0 Å². The third-order valence-corrected chi connectivity index (χ3v) is 4.01. The monoisotopic (exact) mass is 387 g/mol. The van der Waals surface area contributed by atoms with Crippen molar-refractivity contribution in [1.82, 2.24) is 4.90 Å². The summed E-state index contributed by atoms with van der Waals surface area (Å²) in [6.45, 7) is 5.67. The minimum absolute atomic E-state index is 0.229. The average Bonchev–Trinajstić information content (AvgIpc) is 2.50. The molecule has 0 radical (unpaired) electrons. The number of alkyl halides is 2. The Balaban J connectivity index is 2.36. The highest BCUT2D eigenvalue weighted by molar-refractivity contribution is 9.12. The van der Waals surface area contributed by atoms with Crippen molar-refractivity contribution >= 4 is 21.6 Å². The molecule has 1 aliphatic heterocycles. The molecule has 0 amide bonds. The molecule has 0 atom stereocenters. The van der Waals surface area contributed by atoms with Crippen LogP contribution < -0.4 is 4.74 Å². The molecule has 0 saturated heterocycles. The second kappa shape index (κ2) is 7.73. The molecule has 0 aromatic heterocycles. The van der Waals surface area contributed by atoms with Gasteiger partial charge in [0.05, 0.1) is 18.8 Å². The first-order chi connectivity index (χ1) is 10.9. The Bertz CT molecular complexity index is 655. The van der Waals surface area contributed by atoms with Crippen molar-refractivity contribution in [3.05, 3.63) is 58.5 Å². The van der Waals surface area contributed by atoms with Crippen molar-refractivity contribution in [3.8, 4) is 5.75 Å². The van der Waals surface area contributed by atoms with Crippen molar-refractivity contribution in [2.24, 2.45) is 0 Å². The number of rotatable bonds is 6. The maximum Gasteiger partial charge on any atom is 0.256 e. The molecule has 0 fully saturated rings. The van der Waals surface area contributed by atoms with E-state index in [1.54, 1.807) is 18.2 Å². The summed E-state index contributed by atoms with van der Waals surface area (Å²) < 4.78 is 46.1. The highest BCUT2D eigenvalue weighted by atomic mass is 79.9. The molecule has 0 unspecified atom stereocenters. The van der Waals surface area contributed by atoms with Crippen LogP contribution >= 0.6 is 15.9 Å².